The van der Waals surface area contributed by atoms with E-state index in [0.29, 0.717) is 24.2 Å². The fourth-order valence-electron chi connectivity index (χ4n) is 4.91. The van der Waals surface area contributed by atoms with E-state index in [1.807, 2.05) is 18.2 Å². The van der Waals surface area contributed by atoms with Gasteiger partial charge in [0.25, 0.3) is 0 Å². The predicted molar refractivity (Wildman–Crippen MR) is 131 cm³/mol. The number of hydrogen-bond acceptors (Lipinski definition) is 4. The summed E-state index contributed by atoms with van der Waals surface area (Å²) >= 11 is 0. The van der Waals surface area contributed by atoms with Crippen molar-refractivity contribution >= 4 is 12.1 Å². The molecule has 0 bridgehead atoms. The topological polar surface area (TPSA) is 72.8 Å². The molecule has 33 heavy (non-hydrogen) atoms. The van der Waals surface area contributed by atoms with Crippen molar-refractivity contribution in [3.05, 3.63) is 94.0 Å². The van der Waals surface area contributed by atoms with Crippen LogP contribution in [-0.4, -0.2) is 33.6 Å². The molecule has 0 radical (unpaired) electrons. The number of aliphatic hydroxyl groups excluding tert-OH is 1. The first-order valence-electron chi connectivity index (χ1n) is 11.4. The molecule has 172 valence electrons. The first-order chi connectivity index (χ1) is 15.8. The van der Waals surface area contributed by atoms with Crippen molar-refractivity contribution in [1.29, 1.82) is 0 Å². The number of nitrogens with zero attached hydrogens (tertiary/aromatic N) is 1. The molecule has 0 fully saturated rings. The van der Waals surface area contributed by atoms with Crippen molar-refractivity contribution in [2.45, 2.75) is 51.8 Å². The molecule has 1 aliphatic carbocycles. The largest absolute Gasteiger partial charge is 0.506 e. The lowest BCUT2D eigenvalue weighted by molar-refractivity contribution is -0.105. The summed E-state index contributed by atoms with van der Waals surface area (Å²) in [5.41, 5.74) is 7.40. The molecule has 0 heterocycles. The minimum absolute atomic E-state index is 0.0249. The minimum Gasteiger partial charge on any atom is -0.506 e. The Kier molecular flexibility index (Phi) is 6.54. The lowest BCUT2D eigenvalue weighted by Crippen LogP contribution is -2.48. The summed E-state index contributed by atoms with van der Waals surface area (Å²) < 4.78 is 0. The third-order valence-corrected chi connectivity index (χ3v) is 6.95. The van der Waals surface area contributed by atoms with Gasteiger partial charge >= 0.3 is 0 Å². The summed E-state index contributed by atoms with van der Waals surface area (Å²) in [7, 11) is 0. The number of aliphatic hydroxyl groups is 1. The minimum atomic E-state index is -0.773. The van der Waals surface area contributed by atoms with Crippen LogP contribution in [0.4, 0.5) is 5.69 Å². The summed E-state index contributed by atoms with van der Waals surface area (Å²) in [6.45, 7) is 7.75. The monoisotopic (exact) mass is 444 g/mol. The Morgan fingerprint density at radius 3 is 2.27 bits per heavy atom. The second kappa shape index (κ2) is 9.38. The molecule has 3 N–H and O–H groups in total. The van der Waals surface area contributed by atoms with E-state index < -0.39 is 6.10 Å². The highest BCUT2D eigenvalue weighted by Gasteiger charge is 2.39. The van der Waals surface area contributed by atoms with Crippen molar-refractivity contribution in [3.63, 3.8) is 0 Å². The van der Waals surface area contributed by atoms with E-state index in [9.17, 15) is 15.0 Å². The number of aryl methyl sites for hydroxylation is 2. The van der Waals surface area contributed by atoms with Gasteiger partial charge in [-0.3, -0.25) is 9.69 Å². The van der Waals surface area contributed by atoms with Crippen molar-refractivity contribution in [3.8, 4) is 5.75 Å². The second-order valence-electron chi connectivity index (χ2n) is 9.48. The Hall–Kier alpha value is -3.15. The number of phenols is 1. The lowest BCUT2D eigenvalue weighted by atomic mass is 9.93. The number of carbonyl (C=O) groups is 1. The normalized spacial score (nSPS) is 15.3. The number of β-amino-alcohol motifs (C(OH)–C–C–N with tert-alkyl or cyclic N) is 1. The fraction of sp³-hybridized carbons (Fsp3) is 0.321. The predicted octanol–water partition coefficient (Wildman–Crippen LogP) is 4.67. The first kappa shape index (κ1) is 23.0. The molecule has 1 amide bonds. The highest BCUT2D eigenvalue weighted by atomic mass is 16.3. The zero-order chi connectivity index (χ0) is 23.6. The molecule has 0 saturated carbocycles. The van der Waals surface area contributed by atoms with E-state index in [2.05, 4.69) is 55.3 Å². The molecule has 5 heteroatoms. The van der Waals surface area contributed by atoms with E-state index in [1.54, 1.807) is 12.1 Å². The van der Waals surface area contributed by atoms with Gasteiger partial charge in [0, 0.05) is 18.6 Å². The molecule has 3 aromatic carbocycles. The summed E-state index contributed by atoms with van der Waals surface area (Å²) in [5.74, 6) is -0.0249. The van der Waals surface area contributed by atoms with Crippen LogP contribution in [0, 0.1) is 13.8 Å². The van der Waals surface area contributed by atoms with Crippen molar-refractivity contribution in [2.24, 2.45) is 0 Å². The van der Waals surface area contributed by atoms with E-state index in [4.69, 9.17) is 0 Å². The third kappa shape index (κ3) is 4.95. The molecule has 5 nitrogen and oxygen atoms in total. The molecule has 4 rings (SSSR count). The SMILES string of the molecule is Cc1cc2c(cc1C)CC(C)(N(Cc1ccccc1)C[C@@H](O)c1ccc(O)c(NC=O)c1)C2. The zero-order valence-electron chi connectivity index (χ0n) is 19.5. The summed E-state index contributed by atoms with van der Waals surface area (Å²) in [6, 6.07) is 19.8. The van der Waals surface area contributed by atoms with Gasteiger partial charge in [-0.2, -0.15) is 0 Å². The first-order valence-corrected chi connectivity index (χ1v) is 11.4. The summed E-state index contributed by atoms with van der Waals surface area (Å²) in [4.78, 5) is 13.2. The molecule has 0 aromatic heterocycles. The number of benzene rings is 3. The number of carbonyl (C=O) groups excluding carboxylic acids is 1. The number of fused-ring (bicyclic) bond motifs is 1. The van der Waals surface area contributed by atoms with Crippen LogP contribution in [-0.2, 0) is 24.2 Å². The van der Waals surface area contributed by atoms with Crippen LogP contribution in [0.2, 0.25) is 0 Å². The number of nitrogens with one attached hydrogen (secondary N) is 1. The number of amides is 1. The maximum atomic E-state index is 11.2. The lowest BCUT2D eigenvalue weighted by Gasteiger charge is -2.40. The van der Waals surface area contributed by atoms with E-state index >= 15 is 0 Å². The maximum Gasteiger partial charge on any atom is 0.211 e. The summed E-state index contributed by atoms with van der Waals surface area (Å²) in [5, 5.41) is 23.7. The Balaban J connectivity index is 1.63. The van der Waals surface area contributed by atoms with Crippen LogP contribution < -0.4 is 5.32 Å². The molecule has 0 spiro atoms. The maximum absolute atomic E-state index is 11.2. The average Bonchev–Trinajstić information content (AvgIpc) is 3.12. The smallest absolute Gasteiger partial charge is 0.211 e. The van der Waals surface area contributed by atoms with Gasteiger partial charge in [-0.1, -0.05) is 48.5 Å². The highest BCUT2D eigenvalue weighted by molar-refractivity contribution is 5.75. The molecule has 0 saturated heterocycles. The van der Waals surface area contributed by atoms with Gasteiger partial charge in [0.1, 0.15) is 5.75 Å². The van der Waals surface area contributed by atoms with Crippen molar-refractivity contribution < 1.29 is 15.0 Å². The fourth-order valence-corrected chi connectivity index (χ4v) is 4.91. The molecule has 1 atom stereocenters. The van der Waals surface area contributed by atoms with Crippen molar-refractivity contribution in [2.75, 3.05) is 11.9 Å². The molecule has 1 aliphatic rings. The van der Waals surface area contributed by atoms with Gasteiger partial charge in [0.05, 0.1) is 11.8 Å². The number of aromatic hydroxyl groups is 1. The van der Waals surface area contributed by atoms with Crippen molar-refractivity contribution in [1.82, 2.24) is 4.90 Å². The molecule has 0 unspecified atom stereocenters. The van der Waals surface area contributed by atoms with Crippen LogP contribution in [0.3, 0.4) is 0 Å². The summed E-state index contributed by atoms with van der Waals surface area (Å²) in [6.07, 6.45) is 1.60. The Labute approximate surface area is 195 Å². The Morgan fingerprint density at radius 1 is 1.03 bits per heavy atom. The highest BCUT2D eigenvalue weighted by Crippen LogP contribution is 2.38. The van der Waals surface area contributed by atoms with Gasteiger partial charge in [-0.05, 0) is 79.1 Å². The van der Waals surface area contributed by atoms with Crippen LogP contribution in [0.25, 0.3) is 0 Å². The second-order valence-corrected chi connectivity index (χ2v) is 9.48. The Bertz CT molecular complexity index is 1110. The van der Waals surface area contributed by atoms with Crippen LogP contribution in [0.5, 0.6) is 5.75 Å². The number of phenolic OH excluding ortho intramolecular Hbond substituents is 1. The van der Waals surface area contributed by atoms with Gasteiger partial charge in [-0.25, -0.2) is 0 Å². The van der Waals surface area contributed by atoms with Gasteiger partial charge in [-0.15, -0.1) is 0 Å². The van der Waals surface area contributed by atoms with E-state index in [1.165, 1.54) is 33.9 Å². The quantitative estimate of drug-likeness (QED) is 0.349. The number of rotatable bonds is 8. The molecular weight excluding hydrogens is 412 g/mol. The standard InChI is InChI=1S/C28H32N2O3/c1-19-11-23-14-28(3,15-24(23)12-20(19)2)30(16-21-7-5-4-6-8-21)17-27(33)22-9-10-26(32)25(13-22)29-18-31/h4-13,18,27,32-33H,14-17H2,1-3H3,(H,29,31)/t27-/m1/s1. The van der Waals surface area contributed by atoms with Gasteiger partial charge in [0.2, 0.25) is 6.41 Å². The third-order valence-electron chi connectivity index (χ3n) is 6.95. The average molecular weight is 445 g/mol. The molecule has 0 aliphatic heterocycles. The van der Waals surface area contributed by atoms with Crippen LogP contribution >= 0.6 is 0 Å². The number of anilines is 1. The zero-order valence-corrected chi connectivity index (χ0v) is 19.5. The Morgan fingerprint density at radius 2 is 1.67 bits per heavy atom. The van der Waals surface area contributed by atoms with E-state index in [-0.39, 0.29) is 11.3 Å². The van der Waals surface area contributed by atoms with Crippen LogP contribution in [0.1, 0.15) is 46.4 Å². The number of hydrogen-bond donors (Lipinski definition) is 3. The van der Waals surface area contributed by atoms with Gasteiger partial charge < -0.3 is 15.5 Å². The van der Waals surface area contributed by atoms with E-state index in [0.717, 1.165) is 19.4 Å². The van der Waals surface area contributed by atoms with Gasteiger partial charge in [0.15, 0.2) is 0 Å². The molecular formula is C28H32N2O3. The van der Waals surface area contributed by atoms with Crippen LogP contribution in [0.15, 0.2) is 60.7 Å². The molecule has 3 aromatic rings.